The normalized spacial score (nSPS) is 13.0. The maximum Gasteiger partial charge on any atom is 0.187 e. The molecule has 0 atom stereocenters. The summed E-state index contributed by atoms with van der Waals surface area (Å²) >= 11 is 0. The molecule has 0 unspecified atom stereocenters. The fourth-order valence-corrected chi connectivity index (χ4v) is 0.444. The summed E-state index contributed by atoms with van der Waals surface area (Å²) in [5.41, 5.74) is 13.3. The molecule has 0 aliphatic heterocycles. The van der Waals surface area contributed by atoms with Gasteiger partial charge in [0.1, 0.15) is 0 Å². The van der Waals surface area contributed by atoms with Crippen molar-refractivity contribution in [1.82, 2.24) is 10.4 Å². The first kappa shape index (κ1) is 9.54. The number of nitrogens with zero attached hydrogens (tertiary/aromatic N) is 3. The summed E-state index contributed by atoms with van der Waals surface area (Å²) in [5, 5.41) is 9.02. The van der Waals surface area contributed by atoms with Crippen LogP contribution in [0.25, 0.3) is 0 Å². The Labute approximate surface area is 65.9 Å². The lowest BCUT2D eigenvalue weighted by Gasteiger charge is -2.05. The van der Waals surface area contributed by atoms with Crippen molar-refractivity contribution in [2.24, 2.45) is 21.7 Å². The fraction of sp³-hybridized carbons (Fsp3) is 0.600. The molecule has 0 saturated carbocycles. The molecule has 0 aliphatic rings. The van der Waals surface area contributed by atoms with Gasteiger partial charge in [-0.1, -0.05) is 0 Å². The number of nitrogens with two attached hydrogens (primary N) is 2. The predicted molar refractivity (Wildman–Crippen MR) is 46.0 cm³/mol. The molecule has 6 heteroatoms. The molecule has 6 nitrogen and oxygen atoms in total. The second-order valence-electron chi connectivity index (χ2n) is 2.05. The molecule has 0 radical (unpaired) electrons. The molecule has 0 aromatic carbocycles. The summed E-state index contributed by atoms with van der Waals surface area (Å²) in [6.07, 6.45) is 0. The molecular weight excluding hydrogens is 144 g/mol. The maximum absolute atomic E-state index is 5.42. The van der Waals surface area contributed by atoms with Crippen LogP contribution in [0.2, 0.25) is 0 Å². The van der Waals surface area contributed by atoms with Crippen molar-refractivity contribution in [3.05, 3.63) is 0 Å². The van der Waals surface area contributed by atoms with E-state index >= 15 is 0 Å². The van der Waals surface area contributed by atoms with Gasteiger partial charge in [-0.05, 0) is 0 Å². The Morgan fingerprint density at radius 1 is 1.27 bits per heavy atom. The molecule has 0 bridgehead atoms. The highest BCUT2D eigenvalue weighted by molar-refractivity contribution is 6.39. The standard InChI is InChI=1S/C5H14N6/c1-8-9-4(6)5(7)10-11(2)3/h8H,1-3H3,(H2,6,9)(H2,7,10). The summed E-state index contributed by atoms with van der Waals surface area (Å²) in [4.78, 5) is 0. The van der Waals surface area contributed by atoms with E-state index in [2.05, 4.69) is 15.6 Å². The zero-order valence-corrected chi connectivity index (χ0v) is 7.00. The summed E-state index contributed by atoms with van der Waals surface area (Å²) in [6.45, 7) is 0. The Hall–Kier alpha value is -1.46. The fourth-order valence-electron chi connectivity index (χ4n) is 0.444. The van der Waals surface area contributed by atoms with Gasteiger partial charge in [0.2, 0.25) is 0 Å². The molecule has 64 valence electrons. The zero-order chi connectivity index (χ0) is 8.85. The first-order valence-electron chi connectivity index (χ1n) is 3.09. The Bertz CT molecular complexity index is 170. The van der Waals surface area contributed by atoms with Crippen LogP contribution in [-0.4, -0.2) is 37.8 Å². The second-order valence-corrected chi connectivity index (χ2v) is 2.05. The topological polar surface area (TPSA) is 92.0 Å². The molecule has 11 heavy (non-hydrogen) atoms. The van der Waals surface area contributed by atoms with Crippen LogP contribution in [0.4, 0.5) is 0 Å². The highest BCUT2D eigenvalue weighted by Gasteiger charge is 1.97. The number of hydrazone groups is 2. The third kappa shape index (κ3) is 4.01. The molecule has 0 aromatic rings. The minimum atomic E-state index is 0.182. The maximum atomic E-state index is 5.42. The molecule has 0 saturated heterocycles. The van der Waals surface area contributed by atoms with E-state index in [-0.39, 0.29) is 11.7 Å². The van der Waals surface area contributed by atoms with E-state index in [0.717, 1.165) is 0 Å². The van der Waals surface area contributed by atoms with Gasteiger partial charge in [0, 0.05) is 21.1 Å². The van der Waals surface area contributed by atoms with E-state index in [0.29, 0.717) is 0 Å². The molecule has 0 aromatic heterocycles. The summed E-state index contributed by atoms with van der Waals surface area (Å²) in [6, 6.07) is 0. The Balaban J connectivity index is 4.23. The van der Waals surface area contributed by atoms with Crippen molar-refractivity contribution in [2.45, 2.75) is 0 Å². The van der Waals surface area contributed by atoms with E-state index in [1.54, 1.807) is 26.2 Å². The quantitative estimate of drug-likeness (QED) is 0.254. The van der Waals surface area contributed by atoms with E-state index in [1.165, 1.54) is 0 Å². The SMILES string of the molecule is CN/N=C(N)/C(N)=N/N(C)C. The van der Waals surface area contributed by atoms with Crippen molar-refractivity contribution in [1.29, 1.82) is 0 Å². The van der Waals surface area contributed by atoms with Gasteiger partial charge in [-0.2, -0.15) is 10.2 Å². The minimum absolute atomic E-state index is 0.182. The van der Waals surface area contributed by atoms with Crippen molar-refractivity contribution >= 4 is 11.7 Å². The minimum Gasteiger partial charge on any atom is -0.379 e. The van der Waals surface area contributed by atoms with Crippen molar-refractivity contribution < 1.29 is 0 Å². The molecule has 0 spiro atoms. The summed E-state index contributed by atoms with van der Waals surface area (Å²) < 4.78 is 0. The number of amidine groups is 2. The van der Waals surface area contributed by atoms with Crippen LogP contribution >= 0.6 is 0 Å². The van der Waals surface area contributed by atoms with Crippen LogP contribution in [-0.2, 0) is 0 Å². The molecular formula is C5H14N6. The lowest BCUT2D eigenvalue weighted by Crippen LogP contribution is -2.34. The molecule has 0 heterocycles. The van der Waals surface area contributed by atoms with Gasteiger partial charge in [-0.3, -0.25) is 0 Å². The second kappa shape index (κ2) is 4.37. The van der Waals surface area contributed by atoms with Gasteiger partial charge in [-0.25, -0.2) is 0 Å². The third-order valence-electron chi connectivity index (χ3n) is 0.802. The van der Waals surface area contributed by atoms with Gasteiger partial charge in [0.05, 0.1) is 0 Å². The highest BCUT2D eigenvalue weighted by atomic mass is 15.4. The summed E-state index contributed by atoms with van der Waals surface area (Å²) in [5.74, 6) is 0.380. The highest BCUT2D eigenvalue weighted by Crippen LogP contribution is 1.75. The van der Waals surface area contributed by atoms with Gasteiger partial charge in [0.25, 0.3) is 0 Å². The van der Waals surface area contributed by atoms with E-state index in [9.17, 15) is 0 Å². The molecule has 0 fully saturated rings. The van der Waals surface area contributed by atoms with Crippen LogP contribution in [0, 0.1) is 0 Å². The van der Waals surface area contributed by atoms with Crippen LogP contribution in [0.5, 0.6) is 0 Å². The average molecular weight is 158 g/mol. The molecule has 5 N–H and O–H groups in total. The van der Waals surface area contributed by atoms with Gasteiger partial charge < -0.3 is 21.9 Å². The number of hydrogen-bond donors (Lipinski definition) is 3. The van der Waals surface area contributed by atoms with E-state index in [4.69, 9.17) is 11.5 Å². The van der Waals surface area contributed by atoms with Gasteiger partial charge in [0.15, 0.2) is 11.7 Å². The van der Waals surface area contributed by atoms with Crippen molar-refractivity contribution in [3.63, 3.8) is 0 Å². The zero-order valence-electron chi connectivity index (χ0n) is 7.00. The van der Waals surface area contributed by atoms with Crippen molar-refractivity contribution in [2.75, 3.05) is 21.1 Å². The number of rotatable bonds is 2. The largest absolute Gasteiger partial charge is 0.379 e. The Kier molecular flexibility index (Phi) is 3.79. The third-order valence-corrected chi connectivity index (χ3v) is 0.802. The van der Waals surface area contributed by atoms with Crippen LogP contribution < -0.4 is 16.9 Å². The first-order valence-corrected chi connectivity index (χ1v) is 3.09. The van der Waals surface area contributed by atoms with E-state index < -0.39 is 0 Å². The van der Waals surface area contributed by atoms with Gasteiger partial charge >= 0.3 is 0 Å². The molecule has 0 aliphatic carbocycles. The smallest absolute Gasteiger partial charge is 0.187 e. The van der Waals surface area contributed by atoms with Gasteiger partial charge in [-0.15, -0.1) is 0 Å². The molecule has 0 rings (SSSR count). The summed E-state index contributed by atoms with van der Waals surface area (Å²) in [7, 11) is 5.13. The average Bonchev–Trinajstić information content (AvgIpc) is 1.86. The predicted octanol–water partition coefficient (Wildman–Crippen LogP) is -1.69. The van der Waals surface area contributed by atoms with Crippen LogP contribution in [0.3, 0.4) is 0 Å². The number of hydrogen-bond acceptors (Lipinski definition) is 4. The van der Waals surface area contributed by atoms with Crippen LogP contribution in [0.1, 0.15) is 0 Å². The molecule has 0 amide bonds. The Morgan fingerprint density at radius 3 is 2.18 bits per heavy atom. The van der Waals surface area contributed by atoms with Crippen molar-refractivity contribution in [3.8, 4) is 0 Å². The number of nitrogens with one attached hydrogen (secondary N) is 1. The van der Waals surface area contributed by atoms with Crippen LogP contribution in [0.15, 0.2) is 10.2 Å². The lowest BCUT2D eigenvalue weighted by molar-refractivity contribution is 0.438. The first-order chi connectivity index (χ1) is 5.07. The lowest BCUT2D eigenvalue weighted by atomic mass is 10.6. The van der Waals surface area contributed by atoms with E-state index in [1.807, 2.05) is 0 Å². The Morgan fingerprint density at radius 2 is 1.82 bits per heavy atom. The monoisotopic (exact) mass is 158 g/mol.